The summed E-state index contributed by atoms with van der Waals surface area (Å²) in [6.45, 7) is 2.14. The van der Waals surface area contributed by atoms with E-state index in [1.165, 1.54) is 24.8 Å². The lowest BCUT2D eigenvalue weighted by molar-refractivity contribution is -0.122. The average Bonchev–Trinajstić information content (AvgIpc) is 2.47. The summed E-state index contributed by atoms with van der Waals surface area (Å²) < 4.78 is 0. The van der Waals surface area contributed by atoms with E-state index >= 15 is 0 Å². The standard InChI is InChI=1S/C18H26N2O.ClH/c1-2-12-6-8-16(9-7-12)20-18(21)15-10-13-4-3-5-14(11-15)17(13)19;/h6-9,13-15,17H,2-5,10-11,19H2,1H3,(H,20,21);1H. The molecule has 3 nitrogen and oxygen atoms in total. The number of halogens is 1. The van der Waals surface area contributed by atoms with Crippen LogP contribution in [-0.2, 0) is 11.2 Å². The minimum absolute atomic E-state index is 0. The number of rotatable bonds is 3. The number of carbonyl (C=O) groups is 1. The quantitative estimate of drug-likeness (QED) is 0.890. The highest BCUT2D eigenvalue weighted by Gasteiger charge is 2.40. The Morgan fingerprint density at radius 2 is 1.77 bits per heavy atom. The van der Waals surface area contributed by atoms with Crippen molar-refractivity contribution < 1.29 is 4.79 Å². The molecule has 3 rings (SSSR count). The third kappa shape index (κ3) is 3.64. The summed E-state index contributed by atoms with van der Waals surface area (Å²) in [6.07, 6.45) is 6.65. The minimum atomic E-state index is 0. The normalized spacial score (nSPS) is 30.3. The van der Waals surface area contributed by atoms with Crippen molar-refractivity contribution in [3.63, 3.8) is 0 Å². The van der Waals surface area contributed by atoms with Crippen LogP contribution in [0.2, 0.25) is 0 Å². The van der Waals surface area contributed by atoms with Crippen LogP contribution in [0, 0.1) is 17.8 Å². The topological polar surface area (TPSA) is 55.1 Å². The number of nitrogens with two attached hydrogens (primary N) is 1. The molecule has 4 heteroatoms. The first-order valence-corrected chi connectivity index (χ1v) is 8.32. The van der Waals surface area contributed by atoms with Gasteiger partial charge in [-0.05, 0) is 61.6 Å². The molecule has 1 amide bonds. The first kappa shape index (κ1) is 17.3. The van der Waals surface area contributed by atoms with Crippen LogP contribution in [0.25, 0.3) is 0 Å². The fourth-order valence-corrected chi connectivity index (χ4v) is 4.07. The lowest BCUT2D eigenvalue weighted by Crippen LogP contribution is -2.48. The van der Waals surface area contributed by atoms with Crippen molar-refractivity contribution in [2.45, 2.75) is 51.5 Å². The van der Waals surface area contributed by atoms with Gasteiger partial charge < -0.3 is 11.1 Å². The van der Waals surface area contributed by atoms with Crippen LogP contribution in [-0.4, -0.2) is 11.9 Å². The first-order valence-electron chi connectivity index (χ1n) is 8.32. The van der Waals surface area contributed by atoms with Crippen LogP contribution in [0.5, 0.6) is 0 Å². The van der Waals surface area contributed by atoms with Crippen molar-refractivity contribution in [1.29, 1.82) is 0 Å². The Bertz CT molecular complexity index is 488. The Kier molecular flexibility index (Phi) is 5.87. The van der Waals surface area contributed by atoms with E-state index in [4.69, 9.17) is 5.73 Å². The number of amides is 1. The molecule has 0 spiro atoms. The predicted octanol–water partition coefficient (Wildman–Crippen LogP) is 3.76. The summed E-state index contributed by atoms with van der Waals surface area (Å²) in [5.41, 5.74) is 8.51. The van der Waals surface area contributed by atoms with Crippen molar-refractivity contribution in [1.82, 2.24) is 0 Å². The zero-order valence-corrected chi connectivity index (χ0v) is 14.1. The average molecular weight is 323 g/mol. The second-order valence-corrected chi connectivity index (χ2v) is 6.74. The molecule has 2 saturated carbocycles. The Morgan fingerprint density at radius 3 is 2.32 bits per heavy atom. The lowest BCUT2D eigenvalue weighted by atomic mass is 9.65. The fraction of sp³-hybridized carbons (Fsp3) is 0.611. The Hall–Kier alpha value is -1.06. The molecule has 122 valence electrons. The highest BCUT2D eigenvalue weighted by molar-refractivity contribution is 5.92. The lowest BCUT2D eigenvalue weighted by Gasteiger charge is -2.43. The maximum atomic E-state index is 12.5. The van der Waals surface area contributed by atoms with Gasteiger partial charge in [0, 0.05) is 17.6 Å². The van der Waals surface area contributed by atoms with Gasteiger partial charge in [0.2, 0.25) is 5.91 Å². The van der Waals surface area contributed by atoms with Gasteiger partial charge in [-0.3, -0.25) is 4.79 Å². The summed E-state index contributed by atoms with van der Waals surface area (Å²) in [6, 6.07) is 8.51. The third-order valence-corrected chi connectivity index (χ3v) is 5.41. The molecular weight excluding hydrogens is 296 g/mol. The van der Waals surface area contributed by atoms with Gasteiger partial charge in [-0.1, -0.05) is 25.5 Å². The molecule has 1 aromatic rings. The minimum Gasteiger partial charge on any atom is -0.327 e. The Morgan fingerprint density at radius 1 is 1.18 bits per heavy atom. The van der Waals surface area contributed by atoms with E-state index in [0.29, 0.717) is 17.9 Å². The number of aryl methyl sites for hydroxylation is 1. The summed E-state index contributed by atoms with van der Waals surface area (Å²) in [5.74, 6) is 1.43. The van der Waals surface area contributed by atoms with Crippen molar-refractivity contribution >= 4 is 24.0 Å². The van der Waals surface area contributed by atoms with Crippen LogP contribution >= 0.6 is 12.4 Å². The molecule has 0 heterocycles. The molecule has 0 saturated heterocycles. The molecular formula is C18H27ClN2O. The summed E-state index contributed by atoms with van der Waals surface area (Å²) in [4.78, 5) is 12.5. The molecule has 2 aliphatic carbocycles. The van der Waals surface area contributed by atoms with Crippen molar-refractivity contribution in [3.8, 4) is 0 Å². The zero-order valence-electron chi connectivity index (χ0n) is 13.3. The van der Waals surface area contributed by atoms with E-state index in [2.05, 4.69) is 24.4 Å². The fourth-order valence-electron chi connectivity index (χ4n) is 4.07. The molecule has 2 bridgehead atoms. The van der Waals surface area contributed by atoms with Crippen molar-refractivity contribution in [2.75, 3.05) is 5.32 Å². The smallest absolute Gasteiger partial charge is 0.227 e. The van der Waals surface area contributed by atoms with Crippen LogP contribution in [0.3, 0.4) is 0 Å². The predicted molar refractivity (Wildman–Crippen MR) is 93.2 cm³/mol. The van der Waals surface area contributed by atoms with Crippen molar-refractivity contribution in [2.24, 2.45) is 23.5 Å². The van der Waals surface area contributed by atoms with E-state index in [1.807, 2.05) is 12.1 Å². The van der Waals surface area contributed by atoms with Gasteiger partial charge in [-0.2, -0.15) is 0 Å². The molecule has 0 aromatic heterocycles. The third-order valence-electron chi connectivity index (χ3n) is 5.41. The van der Waals surface area contributed by atoms with Gasteiger partial charge in [-0.15, -0.1) is 12.4 Å². The molecule has 2 fully saturated rings. The molecule has 2 atom stereocenters. The van der Waals surface area contributed by atoms with E-state index < -0.39 is 0 Å². The SMILES string of the molecule is CCc1ccc(NC(=O)C2CC3CCCC(C2)C3N)cc1.Cl. The number of benzene rings is 1. The highest BCUT2D eigenvalue weighted by Crippen LogP contribution is 2.42. The summed E-state index contributed by atoms with van der Waals surface area (Å²) in [5, 5.41) is 3.09. The highest BCUT2D eigenvalue weighted by atomic mass is 35.5. The monoisotopic (exact) mass is 322 g/mol. The molecule has 2 aliphatic rings. The van der Waals surface area contributed by atoms with E-state index in [-0.39, 0.29) is 24.2 Å². The number of hydrogen-bond acceptors (Lipinski definition) is 2. The second kappa shape index (κ2) is 7.47. The number of carbonyl (C=O) groups excluding carboxylic acids is 1. The summed E-state index contributed by atoms with van der Waals surface area (Å²) >= 11 is 0. The number of fused-ring (bicyclic) bond motifs is 2. The van der Waals surface area contributed by atoms with Crippen LogP contribution < -0.4 is 11.1 Å². The van der Waals surface area contributed by atoms with E-state index in [1.54, 1.807) is 0 Å². The Labute approximate surface area is 139 Å². The second-order valence-electron chi connectivity index (χ2n) is 6.74. The Balaban J connectivity index is 0.00000176. The number of hydrogen-bond donors (Lipinski definition) is 2. The van der Waals surface area contributed by atoms with Gasteiger partial charge in [0.25, 0.3) is 0 Å². The number of nitrogens with one attached hydrogen (secondary N) is 1. The molecule has 0 radical (unpaired) electrons. The zero-order chi connectivity index (χ0) is 14.8. The first-order chi connectivity index (χ1) is 10.2. The van der Waals surface area contributed by atoms with Gasteiger partial charge in [0.05, 0.1) is 0 Å². The molecule has 1 aromatic carbocycles. The van der Waals surface area contributed by atoms with Gasteiger partial charge in [0.1, 0.15) is 0 Å². The molecule has 22 heavy (non-hydrogen) atoms. The maximum Gasteiger partial charge on any atom is 0.227 e. The largest absolute Gasteiger partial charge is 0.327 e. The van der Waals surface area contributed by atoms with E-state index in [0.717, 1.165) is 24.9 Å². The molecule has 2 unspecified atom stereocenters. The maximum absolute atomic E-state index is 12.5. The molecule has 3 N–H and O–H groups in total. The van der Waals surface area contributed by atoms with Gasteiger partial charge >= 0.3 is 0 Å². The van der Waals surface area contributed by atoms with Crippen LogP contribution in [0.15, 0.2) is 24.3 Å². The van der Waals surface area contributed by atoms with Gasteiger partial charge in [0.15, 0.2) is 0 Å². The van der Waals surface area contributed by atoms with Crippen molar-refractivity contribution in [3.05, 3.63) is 29.8 Å². The molecule has 0 aliphatic heterocycles. The van der Waals surface area contributed by atoms with E-state index in [9.17, 15) is 4.79 Å². The van der Waals surface area contributed by atoms with Crippen LogP contribution in [0.4, 0.5) is 5.69 Å². The van der Waals surface area contributed by atoms with Crippen LogP contribution in [0.1, 0.15) is 44.6 Å². The van der Waals surface area contributed by atoms with Gasteiger partial charge in [-0.25, -0.2) is 0 Å². The summed E-state index contributed by atoms with van der Waals surface area (Å²) in [7, 11) is 0. The number of anilines is 1.